The zero-order valence-corrected chi connectivity index (χ0v) is 10.9. The third-order valence-corrected chi connectivity index (χ3v) is 2.21. The number of rotatable bonds is 7. The van der Waals surface area contributed by atoms with Gasteiger partial charge in [-0.25, -0.2) is 0 Å². The number of hydrogen-bond acceptors (Lipinski definition) is 4. The first kappa shape index (κ1) is 14.5. The summed E-state index contributed by atoms with van der Waals surface area (Å²) in [6.45, 7) is 5.20. The van der Waals surface area contributed by atoms with Crippen molar-refractivity contribution in [3.05, 3.63) is 23.8 Å². The van der Waals surface area contributed by atoms with Crippen LogP contribution in [-0.2, 0) is 9.53 Å². The number of nitrogens with two attached hydrogens (primary N) is 1. The summed E-state index contributed by atoms with van der Waals surface area (Å²) in [4.78, 5) is 11.6. The molecule has 100 valence electrons. The van der Waals surface area contributed by atoms with Crippen molar-refractivity contribution >= 4 is 11.6 Å². The van der Waals surface area contributed by atoms with Gasteiger partial charge in [0.1, 0.15) is 12.4 Å². The number of anilines is 1. The van der Waals surface area contributed by atoms with Crippen LogP contribution < -0.4 is 15.8 Å². The van der Waals surface area contributed by atoms with Crippen LogP contribution in [0.25, 0.3) is 0 Å². The molecular formula is C13H20N2O3. The van der Waals surface area contributed by atoms with E-state index in [4.69, 9.17) is 15.2 Å². The van der Waals surface area contributed by atoms with Crippen molar-refractivity contribution in [1.29, 1.82) is 0 Å². The monoisotopic (exact) mass is 252 g/mol. The van der Waals surface area contributed by atoms with E-state index < -0.39 is 0 Å². The lowest BCUT2D eigenvalue weighted by atomic mass is 10.2. The lowest BCUT2D eigenvalue weighted by Crippen LogP contribution is -2.21. The zero-order chi connectivity index (χ0) is 13.4. The van der Waals surface area contributed by atoms with E-state index >= 15 is 0 Å². The lowest BCUT2D eigenvalue weighted by molar-refractivity contribution is -0.120. The second-order valence-corrected chi connectivity index (χ2v) is 3.82. The van der Waals surface area contributed by atoms with Crippen molar-refractivity contribution in [2.75, 3.05) is 31.7 Å². The fraction of sp³-hybridized carbons (Fsp3) is 0.462. The van der Waals surface area contributed by atoms with Gasteiger partial charge in [-0.3, -0.25) is 4.79 Å². The number of ether oxygens (including phenoxy) is 2. The topological polar surface area (TPSA) is 73.6 Å². The molecule has 0 aliphatic rings. The second kappa shape index (κ2) is 7.68. The van der Waals surface area contributed by atoms with Crippen LogP contribution in [0.5, 0.6) is 5.75 Å². The zero-order valence-electron chi connectivity index (χ0n) is 10.9. The van der Waals surface area contributed by atoms with E-state index in [1.54, 1.807) is 0 Å². The van der Waals surface area contributed by atoms with Crippen molar-refractivity contribution in [3.63, 3.8) is 0 Å². The summed E-state index contributed by atoms with van der Waals surface area (Å²) in [5, 5.41) is 2.75. The van der Waals surface area contributed by atoms with Crippen LogP contribution in [0.1, 0.15) is 12.5 Å². The van der Waals surface area contributed by atoms with Gasteiger partial charge < -0.3 is 20.5 Å². The largest absolute Gasteiger partial charge is 0.492 e. The molecule has 1 amide bonds. The third-order valence-electron chi connectivity index (χ3n) is 2.21. The number of amides is 1. The number of benzene rings is 1. The first-order chi connectivity index (χ1) is 8.67. The van der Waals surface area contributed by atoms with Crippen molar-refractivity contribution in [1.82, 2.24) is 0 Å². The molecule has 1 rings (SSSR count). The van der Waals surface area contributed by atoms with Crippen LogP contribution in [-0.4, -0.2) is 32.3 Å². The molecule has 0 saturated heterocycles. The second-order valence-electron chi connectivity index (χ2n) is 3.82. The molecule has 0 saturated carbocycles. The van der Waals surface area contributed by atoms with E-state index in [1.165, 1.54) is 0 Å². The van der Waals surface area contributed by atoms with Gasteiger partial charge in [-0.05, 0) is 31.5 Å². The molecule has 0 bridgehead atoms. The summed E-state index contributed by atoms with van der Waals surface area (Å²) in [7, 11) is 0. The van der Waals surface area contributed by atoms with Crippen molar-refractivity contribution < 1.29 is 14.3 Å². The molecule has 0 unspecified atom stereocenters. The Kier molecular flexibility index (Phi) is 6.18. The number of carbonyl (C=O) groups excluding carboxylic acids is 1. The Bertz CT molecular complexity index is 394. The standard InChI is InChI=1S/C13H20N2O3/c1-3-18-12-8-10(2)4-5-11(12)15-13(16)9-17-7-6-14/h4-5,8H,3,6-7,9,14H2,1-2H3,(H,15,16). The van der Waals surface area contributed by atoms with Crippen molar-refractivity contribution in [3.8, 4) is 5.75 Å². The summed E-state index contributed by atoms with van der Waals surface area (Å²) in [5.74, 6) is 0.456. The number of nitrogens with one attached hydrogen (secondary N) is 1. The van der Waals surface area contributed by atoms with Gasteiger partial charge in [0.25, 0.3) is 0 Å². The highest BCUT2D eigenvalue weighted by Crippen LogP contribution is 2.25. The van der Waals surface area contributed by atoms with Crippen LogP contribution in [0.4, 0.5) is 5.69 Å². The molecule has 5 nitrogen and oxygen atoms in total. The molecule has 3 N–H and O–H groups in total. The van der Waals surface area contributed by atoms with E-state index in [1.807, 2.05) is 32.0 Å². The van der Waals surface area contributed by atoms with E-state index in [9.17, 15) is 4.79 Å². The Morgan fingerprint density at radius 2 is 2.22 bits per heavy atom. The molecule has 0 radical (unpaired) electrons. The third kappa shape index (κ3) is 4.73. The summed E-state index contributed by atoms with van der Waals surface area (Å²) >= 11 is 0. The minimum Gasteiger partial charge on any atom is -0.492 e. The van der Waals surface area contributed by atoms with Gasteiger partial charge >= 0.3 is 0 Å². The van der Waals surface area contributed by atoms with Gasteiger partial charge in [0.2, 0.25) is 5.91 Å². The molecule has 0 aromatic heterocycles. The molecule has 0 aliphatic carbocycles. The van der Waals surface area contributed by atoms with Crippen molar-refractivity contribution in [2.45, 2.75) is 13.8 Å². The summed E-state index contributed by atoms with van der Waals surface area (Å²) < 4.78 is 10.5. The minimum atomic E-state index is -0.215. The lowest BCUT2D eigenvalue weighted by Gasteiger charge is -2.12. The highest BCUT2D eigenvalue weighted by Gasteiger charge is 2.08. The predicted molar refractivity (Wildman–Crippen MR) is 70.9 cm³/mol. The number of carbonyl (C=O) groups is 1. The molecule has 0 atom stereocenters. The average molecular weight is 252 g/mol. The Hall–Kier alpha value is -1.59. The van der Waals surface area contributed by atoms with Gasteiger partial charge in [0.15, 0.2) is 0 Å². The molecule has 0 heterocycles. The fourth-order valence-corrected chi connectivity index (χ4v) is 1.44. The Morgan fingerprint density at radius 3 is 2.89 bits per heavy atom. The Balaban J connectivity index is 2.62. The van der Waals surface area contributed by atoms with E-state index in [-0.39, 0.29) is 12.5 Å². The molecule has 0 spiro atoms. The fourth-order valence-electron chi connectivity index (χ4n) is 1.44. The summed E-state index contributed by atoms with van der Waals surface area (Å²) in [6, 6.07) is 5.62. The van der Waals surface area contributed by atoms with Crippen LogP contribution in [0.3, 0.4) is 0 Å². The minimum absolute atomic E-state index is 0.00333. The number of hydrogen-bond donors (Lipinski definition) is 2. The first-order valence-electron chi connectivity index (χ1n) is 5.98. The van der Waals surface area contributed by atoms with E-state index in [0.717, 1.165) is 5.56 Å². The molecule has 18 heavy (non-hydrogen) atoms. The normalized spacial score (nSPS) is 10.2. The highest BCUT2D eigenvalue weighted by atomic mass is 16.5. The summed E-state index contributed by atoms with van der Waals surface area (Å²) in [6.07, 6.45) is 0. The number of aryl methyl sites for hydroxylation is 1. The molecular weight excluding hydrogens is 232 g/mol. The molecule has 1 aromatic carbocycles. The summed E-state index contributed by atoms with van der Waals surface area (Å²) in [5.41, 5.74) is 7.01. The predicted octanol–water partition coefficient (Wildman–Crippen LogP) is 1.31. The van der Waals surface area contributed by atoms with Gasteiger partial charge in [-0.2, -0.15) is 0 Å². The molecule has 0 fully saturated rings. The molecule has 1 aromatic rings. The van der Waals surface area contributed by atoms with Gasteiger partial charge in [-0.1, -0.05) is 6.07 Å². The Morgan fingerprint density at radius 1 is 1.44 bits per heavy atom. The van der Waals surface area contributed by atoms with E-state index in [2.05, 4.69) is 5.32 Å². The van der Waals surface area contributed by atoms with Crippen molar-refractivity contribution in [2.24, 2.45) is 5.73 Å². The maximum atomic E-state index is 11.6. The van der Waals surface area contributed by atoms with Crippen LogP contribution in [0.2, 0.25) is 0 Å². The molecule has 5 heteroatoms. The quantitative estimate of drug-likeness (QED) is 0.717. The smallest absolute Gasteiger partial charge is 0.250 e. The van der Waals surface area contributed by atoms with Gasteiger partial charge in [0, 0.05) is 6.54 Å². The van der Waals surface area contributed by atoms with Crippen LogP contribution >= 0.6 is 0 Å². The van der Waals surface area contributed by atoms with Crippen LogP contribution in [0, 0.1) is 6.92 Å². The van der Waals surface area contributed by atoms with Gasteiger partial charge in [-0.15, -0.1) is 0 Å². The maximum Gasteiger partial charge on any atom is 0.250 e. The van der Waals surface area contributed by atoms with Gasteiger partial charge in [0.05, 0.1) is 18.9 Å². The van der Waals surface area contributed by atoms with Crippen LogP contribution in [0.15, 0.2) is 18.2 Å². The maximum absolute atomic E-state index is 11.6. The average Bonchev–Trinajstić information content (AvgIpc) is 2.33. The first-order valence-corrected chi connectivity index (χ1v) is 5.98. The van der Waals surface area contributed by atoms with E-state index in [0.29, 0.717) is 31.2 Å². The SMILES string of the molecule is CCOc1cc(C)ccc1NC(=O)COCCN. The highest BCUT2D eigenvalue weighted by molar-refractivity contribution is 5.93. The molecule has 0 aliphatic heterocycles. The Labute approximate surface area is 107 Å².